The lowest BCUT2D eigenvalue weighted by molar-refractivity contribution is -0.140. The first-order chi connectivity index (χ1) is 17.3. The summed E-state index contributed by atoms with van der Waals surface area (Å²) in [6.45, 7) is 0.0865. The Labute approximate surface area is 214 Å². The number of amides is 1. The van der Waals surface area contributed by atoms with Crippen molar-refractivity contribution in [2.24, 2.45) is 0 Å². The van der Waals surface area contributed by atoms with E-state index in [1.807, 2.05) is 0 Å². The first-order valence-corrected chi connectivity index (χ1v) is 13.0. The number of nitrogens with one attached hydrogen (secondary N) is 1. The van der Waals surface area contributed by atoms with Crippen molar-refractivity contribution in [2.45, 2.75) is 31.3 Å². The smallest absolute Gasteiger partial charge is 0.324 e. The van der Waals surface area contributed by atoms with Crippen molar-refractivity contribution in [1.82, 2.24) is 4.31 Å². The van der Waals surface area contributed by atoms with Crippen LogP contribution >= 0.6 is 11.6 Å². The summed E-state index contributed by atoms with van der Waals surface area (Å²) in [6.07, 6.45) is -5.36. The third-order valence-corrected chi connectivity index (χ3v) is 8.08. The van der Waals surface area contributed by atoms with Crippen molar-refractivity contribution in [3.05, 3.63) is 99.1 Å². The maximum atomic E-state index is 14.3. The zero-order valence-electron chi connectivity index (χ0n) is 19.1. The van der Waals surface area contributed by atoms with Crippen LogP contribution < -0.4 is 5.32 Å². The Bertz CT molecular complexity index is 1440. The Morgan fingerprint density at radius 3 is 2.41 bits per heavy atom. The fourth-order valence-electron chi connectivity index (χ4n) is 4.15. The lowest BCUT2D eigenvalue weighted by atomic mass is 9.98. The number of halogens is 6. The highest BCUT2D eigenvalue weighted by Crippen LogP contribution is 2.35. The number of hydrogen-bond donors (Lipinski definition) is 1. The van der Waals surface area contributed by atoms with Gasteiger partial charge in [-0.2, -0.15) is 17.5 Å². The van der Waals surface area contributed by atoms with Crippen molar-refractivity contribution in [1.29, 1.82) is 0 Å². The van der Waals surface area contributed by atoms with Crippen LogP contribution in [0.15, 0.2) is 54.6 Å². The average Bonchev–Trinajstić information content (AvgIpc) is 2.82. The normalized spacial score (nSPS) is 14.3. The number of benzene rings is 3. The van der Waals surface area contributed by atoms with Gasteiger partial charge < -0.3 is 5.32 Å². The van der Waals surface area contributed by atoms with Gasteiger partial charge in [-0.25, -0.2) is 17.2 Å². The van der Waals surface area contributed by atoms with Crippen molar-refractivity contribution >= 4 is 33.2 Å². The Morgan fingerprint density at radius 2 is 1.73 bits per heavy atom. The maximum Gasteiger partial charge on any atom is 0.419 e. The van der Waals surface area contributed by atoms with Gasteiger partial charge in [-0.15, -0.1) is 0 Å². The molecule has 3 aromatic carbocycles. The molecule has 3 aromatic rings. The number of sulfonamides is 1. The van der Waals surface area contributed by atoms with Crippen LogP contribution in [-0.4, -0.2) is 25.2 Å². The Kier molecular flexibility index (Phi) is 7.59. The zero-order valence-corrected chi connectivity index (χ0v) is 20.7. The largest absolute Gasteiger partial charge is 0.419 e. The van der Waals surface area contributed by atoms with Crippen LogP contribution in [0.4, 0.5) is 27.6 Å². The van der Waals surface area contributed by atoms with Gasteiger partial charge in [-0.05, 0) is 52.9 Å². The minimum atomic E-state index is -4.90. The molecular formula is C25H20ClF5N2O3S. The molecule has 1 amide bonds. The van der Waals surface area contributed by atoms with Gasteiger partial charge in [0, 0.05) is 13.1 Å². The van der Waals surface area contributed by atoms with E-state index in [9.17, 15) is 35.2 Å². The molecule has 0 radical (unpaired) electrons. The lowest BCUT2D eigenvalue weighted by Gasteiger charge is -2.30. The number of carbonyl (C=O) groups excluding carboxylic acids is 1. The first kappa shape index (κ1) is 27.0. The molecule has 0 aliphatic carbocycles. The quantitative estimate of drug-likeness (QED) is 0.394. The Morgan fingerprint density at radius 1 is 1.03 bits per heavy atom. The fraction of sp³-hybridized carbons (Fsp3) is 0.240. The van der Waals surface area contributed by atoms with E-state index in [0.717, 1.165) is 12.1 Å². The fourth-order valence-corrected chi connectivity index (χ4v) is 5.87. The molecule has 4 rings (SSSR count). The highest BCUT2D eigenvalue weighted by Gasteiger charge is 2.35. The van der Waals surface area contributed by atoms with Gasteiger partial charge in [0.15, 0.2) is 0 Å². The van der Waals surface area contributed by atoms with Gasteiger partial charge in [0.05, 0.1) is 28.4 Å². The van der Waals surface area contributed by atoms with Crippen LogP contribution in [0.5, 0.6) is 0 Å². The number of carbonyl (C=O) groups is 1. The standard InChI is InChI=1S/C25H20ClF5N2O3S/c26-21-9-6-17-13-33(37(35,36)14-15-4-7-18(27)8-5-15)11-10-19(17)24(21)32-22(34)12-16-2-1-3-20(23(16)28)25(29,30)31/h1-9H,10-14H2,(H,32,34). The SMILES string of the molecule is O=C(Cc1cccc(C(F)(F)F)c1F)Nc1c(Cl)ccc2c1CCN(S(=O)(=O)Cc1ccc(F)cc1)C2. The van der Waals surface area contributed by atoms with E-state index in [4.69, 9.17) is 11.6 Å². The summed E-state index contributed by atoms with van der Waals surface area (Å²) >= 11 is 6.27. The third-order valence-electron chi connectivity index (χ3n) is 5.97. The second-order valence-electron chi connectivity index (χ2n) is 8.53. The van der Waals surface area contributed by atoms with Crippen molar-refractivity contribution in [3.8, 4) is 0 Å². The first-order valence-electron chi connectivity index (χ1n) is 11.0. The molecule has 1 aliphatic heterocycles. The Balaban J connectivity index is 1.51. The molecule has 0 atom stereocenters. The molecule has 0 spiro atoms. The summed E-state index contributed by atoms with van der Waals surface area (Å²) in [5.41, 5.74) is -0.0936. The number of hydrogen-bond acceptors (Lipinski definition) is 3. The van der Waals surface area contributed by atoms with E-state index in [-0.39, 0.29) is 36.0 Å². The van der Waals surface area contributed by atoms with E-state index in [2.05, 4.69) is 5.32 Å². The highest BCUT2D eigenvalue weighted by atomic mass is 35.5. The van der Waals surface area contributed by atoms with Gasteiger partial charge >= 0.3 is 6.18 Å². The van der Waals surface area contributed by atoms with Crippen LogP contribution in [0, 0.1) is 11.6 Å². The molecule has 5 nitrogen and oxygen atoms in total. The molecule has 1 aliphatic rings. The minimum Gasteiger partial charge on any atom is -0.324 e. The van der Waals surface area contributed by atoms with Crippen LogP contribution in [0.2, 0.25) is 5.02 Å². The number of nitrogens with zero attached hydrogens (tertiary/aromatic N) is 1. The van der Waals surface area contributed by atoms with E-state index < -0.39 is 51.3 Å². The molecule has 0 saturated carbocycles. The number of anilines is 1. The molecule has 0 saturated heterocycles. The van der Waals surface area contributed by atoms with E-state index in [0.29, 0.717) is 22.8 Å². The van der Waals surface area contributed by atoms with Crippen molar-refractivity contribution < 1.29 is 35.2 Å². The topological polar surface area (TPSA) is 66.5 Å². The van der Waals surface area contributed by atoms with Crippen LogP contribution in [0.25, 0.3) is 0 Å². The lowest BCUT2D eigenvalue weighted by Crippen LogP contribution is -2.37. The predicted octanol–water partition coefficient (Wildman–Crippen LogP) is 5.71. The average molecular weight is 559 g/mol. The molecule has 0 bridgehead atoms. The Hall–Kier alpha value is -3.02. The molecule has 1 N–H and O–H groups in total. The van der Waals surface area contributed by atoms with Gasteiger partial charge in [0.25, 0.3) is 0 Å². The van der Waals surface area contributed by atoms with E-state index in [1.54, 1.807) is 6.07 Å². The molecule has 0 aromatic heterocycles. The monoisotopic (exact) mass is 558 g/mol. The number of fused-ring (bicyclic) bond motifs is 1. The summed E-state index contributed by atoms with van der Waals surface area (Å²) < 4.78 is 93.6. The molecule has 196 valence electrons. The van der Waals surface area contributed by atoms with Crippen LogP contribution in [0.1, 0.15) is 27.8 Å². The molecule has 37 heavy (non-hydrogen) atoms. The third kappa shape index (κ3) is 6.11. The van der Waals surface area contributed by atoms with Gasteiger partial charge in [0.1, 0.15) is 11.6 Å². The summed E-state index contributed by atoms with van der Waals surface area (Å²) in [7, 11) is -3.74. The summed E-state index contributed by atoms with van der Waals surface area (Å²) in [4.78, 5) is 12.6. The molecule has 1 heterocycles. The van der Waals surface area contributed by atoms with Gasteiger partial charge in [0.2, 0.25) is 15.9 Å². The molecule has 12 heteroatoms. The van der Waals surface area contributed by atoms with Gasteiger partial charge in [-0.3, -0.25) is 4.79 Å². The van der Waals surface area contributed by atoms with Crippen molar-refractivity contribution in [2.75, 3.05) is 11.9 Å². The molecular weight excluding hydrogens is 539 g/mol. The van der Waals surface area contributed by atoms with E-state index in [1.165, 1.54) is 34.6 Å². The van der Waals surface area contributed by atoms with E-state index >= 15 is 0 Å². The van der Waals surface area contributed by atoms with Crippen molar-refractivity contribution in [3.63, 3.8) is 0 Å². The minimum absolute atomic E-state index is 0.00115. The van der Waals surface area contributed by atoms with Crippen LogP contribution in [-0.2, 0) is 46.1 Å². The summed E-state index contributed by atoms with van der Waals surface area (Å²) in [5.74, 6) is -3.09. The zero-order chi connectivity index (χ0) is 27.0. The van der Waals surface area contributed by atoms with Gasteiger partial charge in [-0.1, -0.05) is 41.9 Å². The molecule has 0 fully saturated rings. The summed E-state index contributed by atoms with van der Waals surface area (Å²) in [5, 5.41) is 2.70. The van der Waals surface area contributed by atoms with Crippen LogP contribution in [0.3, 0.4) is 0 Å². The highest BCUT2D eigenvalue weighted by molar-refractivity contribution is 7.88. The second-order valence-corrected chi connectivity index (χ2v) is 10.9. The molecule has 0 unspecified atom stereocenters. The number of alkyl halides is 3. The predicted molar refractivity (Wildman–Crippen MR) is 128 cm³/mol. The second kappa shape index (κ2) is 10.4. The number of rotatable bonds is 6. The maximum absolute atomic E-state index is 14.3. The summed E-state index contributed by atoms with van der Waals surface area (Å²) in [6, 6.07) is 10.9.